The average Bonchev–Trinajstić information content (AvgIpc) is 2.12. The van der Waals surface area contributed by atoms with Crippen LogP contribution in [0.25, 0.3) is 0 Å². The van der Waals surface area contributed by atoms with Gasteiger partial charge < -0.3 is 5.73 Å². The molecule has 0 saturated heterocycles. The van der Waals surface area contributed by atoms with E-state index in [2.05, 4.69) is 17.2 Å². The van der Waals surface area contributed by atoms with Crippen molar-refractivity contribution in [1.29, 1.82) is 0 Å². The van der Waals surface area contributed by atoms with Crippen molar-refractivity contribution in [3.05, 3.63) is 24.5 Å². The molecule has 10 heteroatoms. The summed E-state index contributed by atoms with van der Waals surface area (Å²) in [5, 5.41) is 0. The number of hydrogen-bond donors (Lipinski definition) is 2. The zero-order valence-electron chi connectivity index (χ0n) is 9.12. The normalized spacial score (nSPS) is 15.1. The Morgan fingerprint density at radius 2 is 1.44 bits per heavy atom. The second-order valence-corrected chi connectivity index (χ2v) is 5.77. The van der Waals surface area contributed by atoms with E-state index in [4.69, 9.17) is 5.73 Å². The Morgan fingerprint density at radius 3 is 1.78 bits per heavy atom. The number of rotatable bonds is 3. The minimum Gasteiger partial charge on any atom is -0.398 e. The number of hydrogen-bond acceptors (Lipinski definition) is 2. The predicted molar refractivity (Wildman–Crippen MR) is 63.1 cm³/mol. The fourth-order valence-corrected chi connectivity index (χ4v) is 1.01. The average molecular weight is 314 g/mol. The van der Waals surface area contributed by atoms with Gasteiger partial charge in [-0.25, -0.2) is 4.57 Å². The topological polar surface area (TPSA) is 29.9 Å². The number of pyridine rings is 1. The number of aromatic nitrogens is 1. The fraction of sp³-hybridized carbons (Fsp3) is 0.375. The van der Waals surface area contributed by atoms with Crippen LogP contribution in [-0.4, -0.2) is 5.75 Å². The van der Waals surface area contributed by atoms with Gasteiger partial charge in [0.25, 0.3) is 0 Å². The third-order valence-electron chi connectivity index (χ3n) is 1.49. The van der Waals surface area contributed by atoms with E-state index in [0.717, 1.165) is 24.4 Å². The zero-order chi connectivity index (χ0) is 14.5. The van der Waals surface area contributed by atoms with E-state index in [1.165, 1.54) is 0 Å². The summed E-state index contributed by atoms with van der Waals surface area (Å²) in [5.41, 5.74) is 6.34. The van der Waals surface area contributed by atoms with Gasteiger partial charge in [-0.3, -0.25) is 0 Å². The Labute approximate surface area is 105 Å². The molecule has 0 aliphatic carbocycles. The summed E-state index contributed by atoms with van der Waals surface area (Å²) < 4.78 is 61.3. The van der Waals surface area contributed by atoms with Crippen molar-refractivity contribution >= 4 is 26.1 Å². The smallest absolute Gasteiger partial charge is 0.170 e. The van der Waals surface area contributed by atoms with Crippen LogP contribution in [0.5, 0.6) is 0 Å². The standard InChI is InChI=1S/C8H12N2S.F6P/c9-8-2-5-10(6-3-8)4-1-7-11;1-7(2,3,4,5)6/h2-3,5-6,9,11H,1,4,7H2;/q;-1/p+1. The maximum atomic E-state index is 9.87. The van der Waals surface area contributed by atoms with Gasteiger partial charge in [0.15, 0.2) is 12.4 Å². The maximum absolute atomic E-state index is 10.7. The van der Waals surface area contributed by atoms with Crippen LogP contribution in [0.4, 0.5) is 30.9 Å². The predicted octanol–water partition coefficient (Wildman–Crippen LogP) is 4.26. The van der Waals surface area contributed by atoms with Crippen LogP contribution in [0.1, 0.15) is 6.42 Å². The molecule has 1 aromatic heterocycles. The molecule has 0 aliphatic heterocycles. The molecule has 0 radical (unpaired) electrons. The summed E-state index contributed by atoms with van der Waals surface area (Å²) in [6.07, 6.45) is 5.06. The molecule has 0 aliphatic rings. The molecule has 0 amide bonds. The molecule has 0 aromatic carbocycles. The number of halogens is 6. The van der Waals surface area contributed by atoms with Crippen LogP contribution >= 0.6 is 20.4 Å². The Bertz CT molecular complexity index is 364. The first-order valence-corrected chi connectivity index (χ1v) is 7.36. The molecule has 0 spiro atoms. The molecule has 2 N–H and O–H groups in total. The summed E-state index contributed by atoms with van der Waals surface area (Å²) in [4.78, 5) is 0. The van der Waals surface area contributed by atoms with Crippen LogP contribution in [0.15, 0.2) is 24.5 Å². The minimum atomic E-state index is -10.7. The molecule has 1 heterocycles. The number of thiol groups is 1. The third-order valence-corrected chi connectivity index (χ3v) is 1.81. The molecule has 0 unspecified atom stereocenters. The van der Waals surface area contributed by atoms with Gasteiger partial charge in [0, 0.05) is 24.2 Å². The first-order valence-electron chi connectivity index (χ1n) is 4.70. The van der Waals surface area contributed by atoms with Gasteiger partial charge in [0.05, 0.1) is 0 Å². The molecule has 108 valence electrons. The number of nitrogens with two attached hydrogens (primary N) is 1. The van der Waals surface area contributed by atoms with E-state index < -0.39 is 7.81 Å². The first kappa shape index (κ1) is 17.3. The molecule has 0 bridgehead atoms. The second kappa shape index (κ2) is 5.13. The number of anilines is 1. The van der Waals surface area contributed by atoms with E-state index in [9.17, 15) is 25.2 Å². The van der Waals surface area contributed by atoms with Crippen molar-refractivity contribution in [2.75, 3.05) is 11.5 Å². The molecule has 18 heavy (non-hydrogen) atoms. The zero-order valence-corrected chi connectivity index (χ0v) is 10.9. The van der Waals surface area contributed by atoms with Crippen LogP contribution in [0.3, 0.4) is 0 Å². The van der Waals surface area contributed by atoms with Crippen LogP contribution in [0.2, 0.25) is 0 Å². The second-order valence-electron chi connectivity index (χ2n) is 3.40. The fourth-order valence-electron chi connectivity index (χ4n) is 0.871. The SMILES string of the molecule is F[P-](F)(F)(F)(F)F.Nc1cc[n+](CCCS)cc1. The van der Waals surface area contributed by atoms with E-state index >= 15 is 0 Å². The monoisotopic (exact) mass is 314 g/mol. The van der Waals surface area contributed by atoms with Crippen molar-refractivity contribution in [3.8, 4) is 0 Å². The minimum absolute atomic E-state index is 0.812. The molecular weight excluding hydrogens is 301 g/mol. The van der Waals surface area contributed by atoms with Gasteiger partial charge in [-0.05, 0) is 5.75 Å². The molecule has 2 nitrogen and oxygen atoms in total. The molecule has 0 fully saturated rings. The molecule has 1 rings (SSSR count). The van der Waals surface area contributed by atoms with E-state index in [1.54, 1.807) is 0 Å². The summed E-state index contributed by atoms with van der Waals surface area (Å²) >= 11 is 4.13. The van der Waals surface area contributed by atoms with Gasteiger partial charge in [0.2, 0.25) is 0 Å². The number of aryl methyl sites for hydroxylation is 1. The Kier molecular flexibility index (Phi) is 4.93. The van der Waals surface area contributed by atoms with Crippen LogP contribution < -0.4 is 10.3 Å². The van der Waals surface area contributed by atoms with Crippen molar-refractivity contribution in [3.63, 3.8) is 0 Å². The summed E-state index contributed by atoms with van der Waals surface area (Å²) in [7, 11) is -10.7. The summed E-state index contributed by atoms with van der Waals surface area (Å²) in [6.45, 7) is 1.02. The van der Waals surface area contributed by atoms with Gasteiger partial charge >= 0.3 is 33.0 Å². The largest absolute Gasteiger partial charge is 0.398 e. The van der Waals surface area contributed by atoms with Gasteiger partial charge in [0.1, 0.15) is 6.54 Å². The quantitative estimate of drug-likeness (QED) is 0.371. The van der Waals surface area contributed by atoms with Gasteiger partial charge in [-0.1, -0.05) is 0 Å². The Morgan fingerprint density at radius 1 is 1.06 bits per heavy atom. The molecule has 1 aromatic rings. The van der Waals surface area contributed by atoms with Crippen LogP contribution in [0, 0.1) is 0 Å². The summed E-state index contributed by atoms with van der Waals surface area (Å²) in [6, 6.07) is 3.80. The van der Waals surface area contributed by atoms with Crippen molar-refractivity contribution in [2.45, 2.75) is 13.0 Å². The van der Waals surface area contributed by atoms with E-state index in [1.807, 2.05) is 24.5 Å². The van der Waals surface area contributed by atoms with Crippen molar-refractivity contribution < 1.29 is 29.7 Å². The Hall–Kier alpha value is -0.690. The maximum Gasteiger partial charge on any atom is 0.170 e. The van der Waals surface area contributed by atoms with Gasteiger partial charge in [-0.2, -0.15) is 12.6 Å². The Balaban J connectivity index is 0.000000360. The third kappa shape index (κ3) is 17.7. The van der Waals surface area contributed by atoms with E-state index in [-0.39, 0.29) is 0 Å². The molecule has 0 saturated carbocycles. The van der Waals surface area contributed by atoms with Crippen molar-refractivity contribution in [2.24, 2.45) is 0 Å². The van der Waals surface area contributed by atoms with Gasteiger partial charge in [-0.15, -0.1) is 0 Å². The summed E-state index contributed by atoms with van der Waals surface area (Å²) in [5.74, 6) is 0.928. The molecular formula is C8H13F6N2PS. The first-order chi connectivity index (χ1) is 7.78. The van der Waals surface area contributed by atoms with Crippen LogP contribution in [-0.2, 0) is 6.54 Å². The number of nitrogens with zero attached hydrogens (tertiary/aromatic N) is 1. The molecule has 0 atom stereocenters. The number of nitrogen functional groups attached to an aromatic ring is 1. The van der Waals surface area contributed by atoms with Crippen molar-refractivity contribution in [1.82, 2.24) is 0 Å². The van der Waals surface area contributed by atoms with E-state index in [0.29, 0.717) is 0 Å².